The molecule has 3 rings (SSSR count). The average molecular weight is 392 g/mol. The van der Waals surface area contributed by atoms with Gasteiger partial charge in [-0.25, -0.2) is 27.2 Å². The van der Waals surface area contributed by atoms with E-state index in [1.165, 1.54) is 18.2 Å². The Hall–Kier alpha value is -2.78. The molecule has 1 heterocycles. The first-order chi connectivity index (χ1) is 12.9. The molecule has 0 bridgehead atoms. The maximum Gasteiger partial charge on any atom is 0.417 e. The van der Waals surface area contributed by atoms with Gasteiger partial charge in [0.2, 0.25) is 10.0 Å². The van der Waals surface area contributed by atoms with Crippen LogP contribution in [0.3, 0.4) is 0 Å². The number of hydrogen-bond donors (Lipinski definition) is 1. The minimum Gasteiger partial charge on any atom is -0.439 e. The lowest BCUT2D eigenvalue weighted by atomic mass is 10.1. The number of cyclic esters (lactones) is 1. The minimum atomic E-state index is -3.96. The number of ether oxygens (including phenoxy) is 1. The Morgan fingerprint density at radius 2 is 1.74 bits per heavy atom. The maximum absolute atomic E-state index is 13.8. The van der Waals surface area contributed by atoms with Crippen molar-refractivity contribution in [3.05, 3.63) is 71.5 Å². The summed E-state index contributed by atoms with van der Waals surface area (Å²) in [4.78, 5) is 24.4. The van der Waals surface area contributed by atoms with Gasteiger partial charge in [0.25, 0.3) is 5.91 Å². The van der Waals surface area contributed by atoms with Crippen molar-refractivity contribution in [2.24, 2.45) is 0 Å². The Balaban J connectivity index is 1.83. The largest absolute Gasteiger partial charge is 0.439 e. The molecule has 2 aromatic rings. The molecule has 7 nitrogen and oxygen atoms in total. The molecule has 1 aliphatic rings. The van der Waals surface area contributed by atoms with Gasteiger partial charge in [-0.15, -0.1) is 0 Å². The monoisotopic (exact) mass is 392 g/mol. The van der Waals surface area contributed by atoms with Gasteiger partial charge in [0.05, 0.1) is 18.3 Å². The van der Waals surface area contributed by atoms with Gasteiger partial charge in [-0.2, -0.15) is 0 Å². The van der Waals surface area contributed by atoms with Gasteiger partial charge in [-0.3, -0.25) is 4.79 Å². The first-order valence-corrected chi connectivity index (χ1v) is 9.76. The molecule has 0 radical (unpaired) electrons. The van der Waals surface area contributed by atoms with Crippen LogP contribution in [0.15, 0.2) is 54.6 Å². The van der Waals surface area contributed by atoms with Crippen LogP contribution in [-0.4, -0.2) is 38.5 Å². The summed E-state index contributed by atoms with van der Waals surface area (Å²) in [6, 6.07) is 13.2. The number of rotatable bonds is 7. The summed E-state index contributed by atoms with van der Waals surface area (Å²) < 4.78 is 46.1. The number of halogens is 1. The van der Waals surface area contributed by atoms with Crippen molar-refractivity contribution in [2.45, 2.75) is 11.8 Å². The quantitative estimate of drug-likeness (QED) is 0.778. The summed E-state index contributed by atoms with van der Waals surface area (Å²) in [5.74, 6) is -1.74. The molecule has 0 aliphatic carbocycles. The zero-order chi connectivity index (χ0) is 19.4. The summed E-state index contributed by atoms with van der Waals surface area (Å²) in [5.41, 5.74) is 0.579. The highest BCUT2D eigenvalue weighted by atomic mass is 32.2. The minimum absolute atomic E-state index is 0.0217. The number of imide groups is 1. The molecule has 1 N–H and O–H groups in total. The van der Waals surface area contributed by atoms with Crippen LogP contribution in [0, 0.1) is 5.82 Å². The van der Waals surface area contributed by atoms with E-state index in [0.717, 1.165) is 4.90 Å². The van der Waals surface area contributed by atoms with Crippen molar-refractivity contribution in [3.8, 4) is 0 Å². The molecule has 1 unspecified atom stereocenters. The summed E-state index contributed by atoms with van der Waals surface area (Å²) >= 11 is 0. The van der Waals surface area contributed by atoms with Crippen molar-refractivity contribution >= 4 is 22.0 Å². The molecular formula is C18H17FN2O5S. The number of sulfonamides is 1. The van der Waals surface area contributed by atoms with Crippen LogP contribution in [0.25, 0.3) is 0 Å². The predicted molar refractivity (Wildman–Crippen MR) is 94.4 cm³/mol. The van der Waals surface area contributed by atoms with Crippen LogP contribution in [0.5, 0.6) is 0 Å². The molecule has 1 fully saturated rings. The molecule has 9 heteroatoms. The van der Waals surface area contributed by atoms with Gasteiger partial charge in [-0.1, -0.05) is 48.5 Å². The number of amides is 2. The number of nitrogens with zero attached hydrogens (tertiary/aromatic N) is 1. The fourth-order valence-electron chi connectivity index (χ4n) is 2.71. The molecule has 2 aromatic carbocycles. The van der Waals surface area contributed by atoms with Crippen molar-refractivity contribution in [3.63, 3.8) is 0 Å². The standard InChI is InChI=1S/C18H17FN2O5S/c19-15-9-5-4-8-14(15)12-27(24,25)20-16(13-6-2-1-3-7-13)10-21-17(22)11-26-18(21)23/h1-9,16,20H,10-12H2. The van der Waals surface area contributed by atoms with E-state index in [0.29, 0.717) is 5.56 Å². The number of carbonyl (C=O) groups is 2. The SMILES string of the molecule is O=C1COC(=O)N1CC(NS(=O)(=O)Cc1ccccc1F)c1ccccc1. The smallest absolute Gasteiger partial charge is 0.417 e. The third kappa shape index (κ3) is 4.69. The number of hydrogen-bond acceptors (Lipinski definition) is 5. The summed E-state index contributed by atoms with van der Waals surface area (Å²) in [7, 11) is -3.96. The van der Waals surface area contributed by atoms with E-state index in [1.54, 1.807) is 36.4 Å². The van der Waals surface area contributed by atoms with Crippen LogP contribution in [0.4, 0.5) is 9.18 Å². The van der Waals surface area contributed by atoms with Crippen molar-refractivity contribution < 1.29 is 27.1 Å². The average Bonchev–Trinajstić information content (AvgIpc) is 2.95. The predicted octanol–water partition coefficient (Wildman–Crippen LogP) is 1.97. The number of carbonyl (C=O) groups excluding carboxylic acids is 2. The Morgan fingerprint density at radius 3 is 2.37 bits per heavy atom. The van der Waals surface area contributed by atoms with Gasteiger partial charge < -0.3 is 4.74 Å². The van der Waals surface area contributed by atoms with Gasteiger partial charge in [0.15, 0.2) is 6.61 Å². The highest BCUT2D eigenvalue weighted by molar-refractivity contribution is 7.88. The second kappa shape index (κ2) is 7.85. The Bertz CT molecular complexity index is 933. The molecule has 0 saturated carbocycles. The van der Waals surface area contributed by atoms with Crippen LogP contribution in [0.1, 0.15) is 17.2 Å². The lowest BCUT2D eigenvalue weighted by Crippen LogP contribution is -2.40. The molecule has 2 amide bonds. The van der Waals surface area contributed by atoms with Crippen molar-refractivity contribution in [1.29, 1.82) is 0 Å². The topological polar surface area (TPSA) is 92.8 Å². The van der Waals surface area contributed by atoms with Crippen LogP contribution in [-0.2, 0) is 25.3 Å². The van der Waals surface area contributed by atoms with E-state index in [-0.39, 0.29) is 18.7 Å². The third-order valence-electron chi connectivity index (χ3n) is 4.03. The number of benzene rings is 2. The zero-order valence-corrected chi connectivity index (χ0v) is 15.0. The highest BCUT2D eigenvalue weighted by Crippen LogP contribution is 2.20. The summed E-state index contributed by atoms with van der Waals surface area (Å²) in [5, 5.41) is 0. The Kier molecular flexibility index (Phi) is 5.52. The Morgan fingerprint density at radius 1 is 1.07 bits per heavy atom. The molecule has 142 valence electrons. The van der Waals surface area contributed by atoms with Crippen molar-refractivity contribution in [1.82, 2.24) is 9.62 Å². The fraction of sp³-hybridized carbons (Fsp3) is 0.222. The first-order valence-electron chi connectivity index (χ1n) is 8.11. The zero-order valence-electron chi connectivity index (χ0n) is 14.2. The molecule has 0 aromatic heterocycles. The number of nitrogens with one attached hydrogen (secondary N) is 1. The second-order valence-corrected chi connectivity index (χ2v) is 7.74. The molecule has 1 atom stereocenters. The van der Waals surface area contributed by atoms with Gasteiger partial charge >= 0.3 is 6.09 Å². The van der Waals surface area contributed by atoms with E-state index in [2.05, 4.69) is 9.46 Å². The summed E-state index contributed by atoms with van der Waals surface area (Å²) in [6.45, 7) is -0.597. The first kappa shape index (κ1) is 19.0. The van der Waals surface area contributed by atoms with Crippen LogP contribution in [0.2, 0.25) is 0 Å². The van der Waals surface area contributed by atoms with E-state index in [1.807, 2.05) is 0 Å². The van der Waals surface area contributed by atoms with Gasteiger partial charge in [-0.05, 0) is 11.6 Å². The summed E-state index contributed by atoms with van der Waals surface area (Å²) in [6.07, 6.45) is -0.825. The van der Waals surface area contributed by atoms with E-state index < -0.39 is 39.6 Å². The molecule has 27 heavy (non-hydrogen) atoms. The molecular weight excluding hydrogens is 375 g/mol. The molecule has 0 spiro atoms. The van der Waals surface area contributed by atoms with Crippen LogP contribution >= 0.6 is 0 Å². The van der Waals surface area contributed by atoms with Gasteiger partial charge in [0, 0.05) is 5.56 Å². The van der Waals surface area contributed by atoms with E-state index >= 15 is 0 Å². The Labute approximate surface area is 155 Å². The van der Waals surface area contributed by atoms with Gasteiger partial charge in [0.1, 0.15) is 5.82 Å². The normalized spacial score (nSPS) is 15.7. The molecule has 1 aliphatic heterocycles. The molecule has 1 saturated heterocycles. The lowest BCUT2D eigenvalue weighted by molar-refractivity contribution is -0.126. The fourth-order valence-corrected chi connectivity index (χ4v) is 4.09. The second-order valence-electron chi connectivity index (χ2n) is 5.99. The van der Waals surface area contributed by atoms with E-state index in [9.17, 15) is 22.4 Å². The van der Waals surface area contributed by atoms with Crippen molar-refractivity contribution in [2.75, 3.05) is 13.2 Å². The van der Waals surface area contributed by atoms with E-state index in [4.69, 9.17) is 0 Å². The maximum atomic E-state index is 13.8. The lowest BCUT2D eigenvalue weighted by Gasteiger charge is -2.22. The van der Waals surface area contributed by atoms with Crippen LogP contribution < -0.4 is 4.72 Å². The third-order valence-corrected chi connectivity index (χ3v) is 5.37. The highest BCUT2D eigenvalue weighted by Gasteiger charge is 2.34.